The van der Waals surface area contributed by atoms with Crippen LogP contribution in [0.3, 0.4) is 0 Å². The summed E-state index contributed by atoms with van der Waals surface area (Å²) in [5.41, 5.74) is 15.0. The summed E-state index contributed by atoms with van der Waals surface area (Å²) in [6.07, 6.45) is 0. The van der Waals surface area contributed by atoms with Crippen molar-refractivity contribution in [2.24, 2.45) is 0 Å². The maximum absolute atomic E-state index is 6.33. The maximum atomic E-state index is 6.33. The Labute approximate surface area is 133 Å². The highest BCUT2D eigenvalue weighted by Crippen LogP contribution is 2.48. The largest absolute Gasteiger partial charge is 0.398 e. The number of aryl methyl sites for hydroxylation is 1. The minimum absolute atomic E-state index is 0.800. The predicted molar refractivity (Wildman–Crippen MR) is 97.0 cm³/mol. The Kier molecular flexibility index (Phi) is 2.84. The molecule has 3 N–H and O–H groups in total. The summed E-state index contributed by atoms with van der Waals surface area (Å²) < 4.78 is 0. The van der Waals surface area contributed by atoms with Crippen LogP contribution >= 0.6 is 11.3 Å². The van der Waals surface area contributed by atoms with Crippen molar-refractivity contribution in [2.75, 3.05) is 11.1 Å². The summed E-state index contributed by atoms with van der Waals surface area (Å²) in [5.74, 6) is 0. The van der Waals surface area contributed by atoms with Gasteiger partial charge in [-0.2, -0.15) is 0 Å². The fourth-order valence-electron chi connectivity index (χ4n) is 2.99. The van der Waals surface area contributed by atoms with Gasteiger partial charge in [0.25, 0.3) is 0 Å². The van der Waals surface area contributed by atoms with E-state index in [-0.39, 0.29) is 0 Å². The number of nitrogens with two attached hydrogens (primary N) is 1. The second-order valence-electron chi connectivity index (χ2n) is 5.59. The van der Waals surface area contributed by atoms with Crippen molar-refractivity contribution in [1.82, 2.24) is 0 Å². The van der Waals surface area contributed by atoms with E-state index < -0.39 is 0 Å². The molecule has 0 saturated heterocycles. The number of fused-ring (bicyclic) bond motifs is 3. The molecule has 0 bridgehead atoms. The summed E-state index contributed by atoms with van der Waals surface area (Å²) in [7, 11) is 0. The molecule has 0 amide bonds. The number of benzene rings is 2. The van der Waals surface area contributed by atoms with Crippen molar-refractivity contribution in [3.05, 3.63) is 64.9 Å². The van der Waals surface area contributed by atoms with E-state index in [1.165, 1.54) is 21.6 Å². The van der Waals surface area contributed by atoms with Crippen molar-refractivity contribution in [1.29, 1.82) is 0 Å². The highest BCUT2D eigenvalue weighted by molar-refractivity contribution is 7.11. The smallest absolute Gasteiger partial charge is 0.0578 e. The number of nitrogen functional groups attached to an aromatic ring is 1. The lowest BCUT2D eigenvalue weighted by atomic mass is 9.89. The molecule has 0 fully saturated rings. The topological polar surface area (TPSA) is 38.0 Å². The van der Waals surface area contributed by atoms with E-state index >= 15 is 0 Å². The molecule has 0 spiro atoms. The Morgan fingerprint density at radius 3 is 2.55 bits per heavy atom. The van der Waals surface area contributed by atoms with E-state index in [0.29, 0.717) is 0 Å². The fraction of sp³-hybridized carbons (Fsp3) is 0.0526. The quantitative estimate of drug-likeness (QED) is 0.593. The molecule has 22 heavy (non-hydrogen) atoms. The lowest BCUT2D eigenvalue weighted by Crippen LogP contribution is -2.07. The summed E-state index contributed by atoms with van der Waals surface area (Å²) in [5, 5.41) is 5.52. The second-order valence-corrected chi connectivity index (χ2v) is 6.50. The molecule has 1 aromatic heterocycles. The Morgan fingerprint density at radius 1 is 1.00 bits per heavy atom. The number of anilines is 2. The third-order valence-corrected chi connectivity index (χ3v) is 5.05. The van der Waals surface area contributed by atoms with Crippen molar-refractivity contribution in [3.8, 4) is 22.3 Å². The van der Waals surface area contributed by atoms with Crippen LogP contribution < -0.4 is 11.1 Å². The molecule has 0 saturated carbocycles. The van der Waals surface area contributed by atoms with Gasteiger partial charge in [0.15, 0.2) is 0 Å². The Morgan fingerprint density at radius 2 is 1.77 bits per heavy atom. The SMILES string of the molecule is C=C1Nc2ccc(N)c(-c3ccc(C)cc3)c2-c2ccsc21. The first-order chi connectivity index (χ1) is 10.6. The number of thiophene rings is 1. The second kappa shape index (κ2) is 4.75. The van der Waals surface area contributed by atoms with Crippen molar-refractivity contribution in [2.45, 2.75) is 6.92 Å². The molecule has 1 aliphatic heterocycles. The molecule has 0 radical (unpaired) electrons. The third kappa shape index (κ3) is 1.86. The summed E-state index contributed by atoms with van der Waals surface area (Å²) >= 11 is 1.71. The highest BCUT2D eigenvalue weighted by atomic mass is 32.1. The molecule has 0 atom stereocenters. The Hall–Kier alpha value is -2.52. The first kappa shape index (κ1) is 13.2. The van der Waals surface area contributed by atoms with Gasteiger partial charge in [-0.3, -0.25) is 0 Å². The zero-order valence-electron chi connectivity index (χ0n) is 12.3. The van der Waals surface area contributed by atoms with E-state index in [9.17, 15) is 0 Å². The molecule has 3 aromatic rings. The van der Waals surface area contributed by atoms with Gasteiger partial charge >= 0.3 is 0 Å². The van der Waals surface area contributed by atoms with Crippen molar-refractivity contribution < 1.29 is 0 Å². The van der Waals surface area contributed by atoms with Gasteiger partial charge in [-0.1, -0.05) is 36.4 Å². The normalized spacial score (nSPS) is 12.5. The minimum Gasteiger partial charge on any atom is -0.398 e. The van der Waals surface area contributed by atoms with E-state index in [4.69, 9.17) is 5.73 Å². The van der Waals surface area contributed by atoms with Gasteiger partial charge in [0.05, 0.1) is 4.88 Å². The van der Waals surface area contributed by atoms with Gasteiger partial charge in [0.2, 0.25) is 0 Å². The Bertz CT molecular complexity index is 888. The molecule has 0 aliphatic carbocycles. The molecule has 108 valence electrons. The number of rotatable bonds is 1. The number of hydrogen-bond donors (Lipinski definition) is 2. The van der Waals surface area contributed by atoms with E-state index in [1.807, 2.05) is 12.1 Å². The van der Waals surface area contributed by atoms with Crippen LogP contribution in [-0.2, 0) is 0 Å². The molecule has 2 nitrogen and oxygen atoms in total. The Balaban J connectivity index is 2.04. The molecule has 2 aromatic carbocycles. The first-order valence-electron chi connectivity index (χ1n) is 7.19. The summed E-state index contributed by atoms with van der Waals surface area (Å²) in [4.78, 5) is 1.19. The third-order valence-electron chi connectivity index (χ3n) is 4.07. The average Bonchev–Trinajstić information content (AvgIpc) is 2.99. The summed E-state index contributed by atoms with van der Waals surface area (Å²) in [6.45, 7) is 6.22. The number of hydrogen-bond acceptors (Lipinski definition) is 3. The molecular formula is C19H16N2S. The van der Waals surface area contributed by atoms with E-state index in [0.717, 1.165) is 28.2 Å². The molecular weight excluding hydrogens is 288 g/mol. The average molecular weight is 304 g/mol. The van der Waals surface area contributed by atoms with Crippen LogP contribution in [0.15, 0.2) is 54.4 Å². The van der Waals surface area contributed by atoms with Crippen molar-refractivity contribution in [3.63, 3.8) is 0 Å². The molecule has 4 rings (SSSR count). The first-order valence-corrected chi connectivity index (χ1v) is 8.07. The van der Waals surface area contributed by atoms with Crippen LogP contribution in [0.5, 0.6) is 0 Å². The van der Waals surface area contributed by atoms with Crippen molar-refractivity contribution >= 4 is 28.4 Å². The fourth-order valence-corrected chi connectivity index (χ4v) is 3.82. The van der Waals surface area contributed by atoms with Crippen LogP contribution in [0.2, 0.25) is 0 Å². The molecule has 1 aliphatic rings. The van der Waals surface area contributed by atoms with Crippen LogP contribution in [-0.4, -0.2) is 0 Å². The predicted octanol–water partition coefficient (Wildman–Crippen LogP) is 5.37. The highest BCUT2D eigenvalue weighted by Gasteiger charge is 2.24. The zero-order chi connectivity index (χ0) is 15.3. The standard InChI is InChI=1S/C19H16N2S/c1-11-3-5-13(6-4-11)17-15(20)7-8-16-18(17)14-9-10-22-19(14)12(2)21-16/h3-10,21H,2,20H2,1H3. The van der Waals surface area contributed by atoms with Gasteiger partial charge in [-0.15, -0.1) is 11.3 Å². The van der Waals surface area contributed by atoms with Crippen LogP contribution in [0.1, 0.15) is 10.4 Å². The lowest BCUT2D eigenvalue weighted by Gasteiger charge is -2.24. The van der Waals surface area contributed by atoms with Crippen LogP contribution in [0, 0.1) is 6.92 Å². The van der Waals surface area contributed by atoms with Gasteiger partial charge in [0.1, 0.15) is 0 Å². The van der Waals surface area contributed by atoms with Gasteiger partial charge in [0, 0.05) is 33.8 Å². The van der Waals surface area contributed by atoms with Crippen LogP contribution in [0.4, 0.5) is 11.4 Å². The van der Waals surface area contributed by atoms with Gasteiger partial charge < -0.3 is 11.1 Å². The van der Waals surface area contributed by atoms with Gasteiger partial charge in [-0.05, 0) is 36.1 Å². The minimum atomic E-state index is 0.800. The zero-order valence-corrected chi connectivity index (χ0v) is 13.1. The molecule has 2 heterocycles. The van der Waals surface area contributed by atoms with Crippen LogP contribution in [0.25, 0.3) is 28.0 Å². The summed E-state index contributed by atoms with van der Waals surface area (Å²) in [6, 6.07) is 14.7. The maximum Gasteiger partial charge on any atom is 0.0578 e. The number of nitrogens with one attached hydrogen (secondary N) is 1. The lowest BCUT2D eigenvalue weighted by molar-refractivity contribution is 1.46. The van der Waals surface area contributed by atoms with Gasteiger partial charge in [-0.25, -0.2) is 0 Å². The monoisotopic (exact) mass is 304 g/mol. The van der Waals surface area contributed by atoms with E-state index in [1.54, 1.807) is 11.3 Å². The molecule has 0 unspecified atom stereocenters. The molecule has 3 heteroatoms. The van der Waals surface area contributed by atoms with E-state index in [2.05, 4.69) is 54.5 Å².